The van der Waals surface area contributed by atoms with Crippen LogP contribution in [0, 0.1) is 0 Å². The molecular formula is C16H33N3O6S2. The van der Waals surface area contributed by atoms with Crippen molar-refractivity contribution in [1.82, 2.24) is 14.3 Å². The van der Waals surface area contributed by atoms with Gasteiger partial charge in [-0.05, 0) is 32.6 Å². The van der Waals surface area contributed by atoms with Crippen LogP contribution in [-0.4, -0.2) is 91.4 Å². The number of sulfonamides is 2. The molecule has 1 aliphatic carbocycles. The molecule has 2 aliphatic rings. The van der Waals surface area contributed by atoms with Crippen molar-refractivity contribution in [1.29, 1.82) is 0 Å². The van der Waals surface area contributed by atoms with Crippen LogP contribution in [0.4, 0.5) is 0 Å². The number of morpholine rings is 1. The van der Waals surface area contributed by atoms with Gasteiger partial charge in [-0.3, -0.25) is 4.90 Å². The van der Waals surface area contributed by atoms with Gasteiger partial charge in [0.25, 0.3) is 0 Å². The maximum absolute atomic E-state index is 13.0. The van der Waals surface area contributed by atoms with Crippen molar-refractivity contribution >= 4 is 20.0 Å². The largest absolute Gasteiger partial charge is 0.382 e. The van der Waals surface area contributed by atoms with Gasteiger partial charge < -0.3 is 9.47 Å². The van der Waals surface area contributed by atoms with Gasteiger partial charge in [-0.1, -0.05) is 0 Å². The molecule has 2 rings (SSSR count). The van der Waals surface area contributed by atoms with Gasteiger partial charge in [-0.2, -0.15) is 0 Å². The fourth-order valence-electron chi connectivity index (χ4n) is 3.82. The highest BCUT2D eigenvalue weighted by Crippen LogP contribution is 2.29. The predicted octanol–water partition coefficient (Wildman–Crippen LogP) is -0.496. The number of nitrogens with zero attached hydrogens (tertiary/aromatic N) is 1. The number of rotatable bonds is 10. The summed E-state index contributed by atoms with van der Waals surface area (Å²) in [6, 6.07) is -0.488. The van der Waals surface area contributed by atoms with E-state index in [1.165, 1.54) is 0 Å². The third-order valence-electron chi connectivity index (χ3n) is 5.02. The van der Waals surface area contributed by atoms with Crippen molar-refractivity contribution in [2.75, 3.05) is 52.3 Å². The van der Waals surface area contributed by atoms with Crippen LogP contribution in [0.25, 0.3) is 0 Å². The zero-order chi connectivity index (χ0) is 19.9. The lowest BCUT2D eigenvalue weighted by molar-refractivity contribution is 0.00803. The van der Waals surface area contributed by atoms with Crippen molar-refractivity contribution in [3.63, 3.8) is 0 Å². The lowest BCUT2D eigenvalue weighted by Gasteiger charge is -2.43. The molecule has 27 heavy (non-hydrogen) atoms. The molecule has 11 heteroatoms. The summed E-state index contributed by atoms with van der Waals surface area (Å²) in [4.78, 5) is 2.17. The zero-order valence-electron chi connectivity index (χ0n) is 16.2. The average molecular weight is 428 g/mol. The van der Waals surface area contributed by atoms with E-state index < -0.39 is 25.3 Å². The molecule has 2 fully saturated rings. The molecule has 1 aliphatic heterocycles. The minimum Gasteiger partial charge on any atom is -0.382 e. The standard InChI is InChI=1S/C16H33N3O6S2/c1-3-24-10-4-7-17-27(22,23)16-13-14(18-26(2,20)21)5-6-15(16)19-8-11-25-12-9-19/h14-18H,3-13H2,1-2H3. The summed E-state index contributed by atoms with van der Waals surface area (Å²) in [7, 11) is -6.96. The van der Waals surface area contributed by atoms with Crippen LogP contribution in [0.1, 0.15) is 32.6 Å². The molecule has 0 radical (unpaired) electrons. The molecule has 0 aromatic rings. The normalized spacial score (nSPS) is 28.3. The van der Waals surface area contributed by atoms with Crippen LogP contribution < -0.4 is 9.44 Å². The van der Waals surface area contributed by atoms with Crippen molar-refractivity contribution in [2.24, 2.45) is 0 Å². The Balaban J connectivity index is 2.07. The summed E-state index contributed by atoms with van der Waals surface area (Å²) in [6.45, 7) is 5.91. The van der Waals surface area contributed by atoms with Gasteiger partial charge in [-0.25, -0.2) is 26.3 Å². The van der Waals surface area contributed by atoms with E-state index in [0.717, 1.165) is 6.26 Å². The molecule has 3 atom stereocenters. The lowest BCUT2D eigenvalue weighted by atomic mass is 9.90. The van der Waals surface area contributed by atoms with Gasteiger partial charge in [0.15, 0.2) is 0 Å². The number of nitrogens with one attached hydrogen (secondary N) is 2. The topological polar surface area (TPSA) is 114 Å². The van der Waals surface area contributed by atoms with Crippen LogP contribution in [0.15, 0.2) is 0 Å². The Morgan fingerprint density at radius 1 is 1.15 bits per heavy atom. The van der Waals surface area contributed by atoms with E-state index in [0.29, 0.717) is 65.3 Å². The first-order valence-electron chi connectivity index (χ1n) is 9.58. The molecule has 3 unspecified atom stereocenters. The van der Waals surface area contributed by atoms with Gasteiger partial charge in [-0.15, -0.1) is 0 Å². The van der Waals surface area contributed by atoms with Gasteiger partial charge in [0, 0.05) is 44.9 Å². The maximum Gasteiger partial charge on any atom is 0.216 e. The molecule has 0 aromatic heterocycles. The van der Waals surface area contributed by atoms with Gasteiger partial charge in [0.1, 0.15) is 0 Å². The van der Waals surface area contributed by atoms with E-state index in [2.05, 4.69) is 14.3 Å². The van der Waals surface area contributed by atoms with E-state index in [1.807, 2.05) is 6.92 Å². The summed E-state index contributed by atoms with van der Waals surface area (Å²) < 4.78 is 65.1. The van der Waals surface area contributed by atoms with Gasteiger partial charge in [0.05, 0.1) is 24.7 Å². The highest BCUT2D eigenvalue weighted by atomic mass is 32.2. The molecule has 160 valence electrons. The molecule has 9 nitrogen and oxygen atoms in total. The summed E-state index contributed by atoms with van der Waals surface area (Å²) >= 11 is 0. The molecule has 1 saturated heterocycles. The maximum atomic E-state index is 13.0. The highest BCUT2D eigenvalue weighted by molar-refractivity contribution is 7.90. The molecule has 2 N–H and O–H groups in total. The summed E-state index contributed by atoms with van der Waals surface area (Å²) in [5.41, 5.74) is 0. The fraction of sp³-hybridized carbons (Fsp3) is 1.00. The summed E-state index contributed by atoms with van der Waals surface area (Å²) in [5.74, 6) is 0. The number of hydrogen-bond donors (Lipinski definition) is 2. The molecule has 1 saturated carbocycles. The van der Waals surface area contributed by atoms with Crippen LogP contribution in [-0.2, 0) is 29.5 Å². The lowest BCUT2D eigenvalue weighted by Crippen LogP contribution is -2.58. The SMILES string of the molecule is CCOCCCNS(=O)(=O)C1CC(NS(C)(=O)=O)CCC1N1CCOCC1. The molecule has 1 heterocycles. The number of hydrogen-bond acceptors (Lipinski definition) is 7. The molecule has 0 aromatic carbocycles. The van der Waals surface area contributed by atoms with Crippen molar-refractivity contribution in [3.8, 4) is 0 Å². The smallest absolute Gasteiger partial charge is 0.216 e. The Morgan fingerprint density at radius 2 is 1.85 bits per heavy atom. The second kappa shape index (κ2) is 10.5. The second-order valence-corrected chi connectivity index (χ2v) is 10.9. The van der Waals surface area contributed by atoms with Crippen LogP contribution in [0.5, 0.6) is 0 Å². The Labute approximate surface area is 163 Å². The zero-order valence-corrected chi connectivity index (χ0v) is 17.9. The fourth-order valence-corrected chi connectivity index (χ4v) is 6.49. The van der Waals surface area contributed by atoms with Crippen LogP contribution >= 0.6 is 0 Å². The summed E-state index contributed by atoms with van der Waals surface area (Å²) in [5, 5.41) is -0.657. The van der Waals surface area contributed by atoms with Gasteiger partial charge in [0.2, 0.25) is 20.0 Å². The van der Waals surface area contributed by atoms with E-state index in [9.17, 15) is 16.8 Å². The number of ether oxygens (including phenoxy) is 2. The third kappa shape index (κ3) is 7.56. The van der Waals surface area contributed by atoms with E-state index in [1.54, 1.807) is 0 Å². The van der Waals surface area contributed by atoms with Crippen molar-refractivity contribution in [2.45, 2.75) is 49.9 Å². The first kappa shape index (κ1) is 23.0. The molecule has 0 bridgehead atoms. The first-order valence-corrected chi connectivity index (χ1v) is 13.0. The Kier molecular flexibility index (Phi) is 8.91. The Morgan fingerprint density at radius 3 is 2.48 bits per heavy atom. The summed E-state index contributed by atoms with van der Waals surface area (Å²) in [6.07, 6.45) is 3.25. The van der Waals surface area contributed by atoms with Gasteiger partial charge >= 0.3 is 0 Å². The first-order chi connectivity index (χ1) is 12.7. The van der Waals surface area contributed by atoms with Crippen LogP contribution in [0.2, 0.25) is 0 Å². The van der Waals surface area contributed by atoms with Crippen LogP contribution in [0.3, 0.4) is 0 Å². The van der Waals surface area contributed by atoms with E-state index in [-0.39, 0.29) is 18.5 Å². The van der Waals surface area contributed by atoms with Crippen molar-refractivity contribution in [3.05, 3.63) is 0 Å². The van der Waals surface area contributed by atoms with E-state index >= 15 is 0 Å². The highest BCUT2D eigenvalue weighted by Gasteiger charge is 2.42. The quantitative estimate of drug-likeness (QED) is 0.452. The third-order valence-corrected chi connectivity index (χ3v) is 7.70. The molecular weight excluding hydrogens is 394 g/mol. The minimum atomic E-state index is -3.58. The van der Waals surface area contributed by atoms with E-state index in [4.69, 9.17) is 9.47 Å². The Bertz CT molecular complexity index is 649. The average Bonchev–Trinajstić information content (AvgIpc) is 2.61. The second-order valence-electron chi connectivity index (χ2n) is 7.14. The predicted molar refractivity (Wildman–Crippen MR) is 104 cm³/mol. The molecule has 0 amide bonds. The minimum absolute atomic E-state index is 0.129. The Hall–Kier alpha value is -0.300. The molecule has 0 spiro atoms. The van der Waals surface area contributed by atoms with Crippen molar-refractivity contribution < 1.29 is 26.3 Å². The monoisotopic (exact) mass is 427 g/mol.